The van der Waals surface area contributed by atoms with Gasteiger partial charge in [0.15, 0.2) is 0 Å². The van der Waals surface area contributed by atoms with E-state index in [4.69, 9.17) is 4.74 Å². The molecule has 2 amide bonds. The minimum atomic E-state index is -0.798. The summed E-state index contributed by atoms with van der Waals surface area (Å²) >= 11 is 0. The lowest BCUT2D eigenvalue weighted by Crippen LogP contribution is -2.15. The summed E-state index contributed by atoms with van der Waals surface area (Å²) in [4.78, 5) is 27.6. The summed E-state index contributed by atoms with van der Waals surface area (Å²) in [5, 5.41) is 6.09. The normalized spacial score (nSPS) is 10.7. The number of carbonyl (C=O) groups excluding carboxylic acids is 2. The number of aryl methyl sites for hydroxylation is 1. The first kappa shape index (κ1) is 22.8. The summed E-state index contributed by atoms with van der Waals surface area (Å²) in [6, 6.07) is 19.6. The monoisotopic (exact) mass is 461 g/mol. The van der Waals surface area contributed by atoms with Gasteiger partial charge in [-0.25, -0.2) is 9.18 Å². The second-order valence-electron chi connectivity index (χ2n) is 7.61. The highest BCUT2D eigenvalue weighted by Gasteiger charge is 2.15. The average molecular weight is 461 g/mol. The predicted octanol–water partition coefficient (Wildman–Crippen LogP) is 5.73. The van der Waals surface area contributed by atoms with Crippen molar-refractivity contribution in [1.82, 2.24) is 4.98 Å². The summed E-state index contributed by atoms with van der Waals surface area (Å²) in [5.41, 5.74) is 4.24. The maximum Gasteiger partial charge on any atom is 0.411 e. The molecule has 3 N–H and O–H groups in total. The summed E-state index contributed by atoms with van der Waals surface area (Å²) in [7, 11) is 2.81. The van der Waals surface area contributed by atoms with Gasteiger partial charge in [-0.2, -0.15) is 0 Å². The van der Waals surface area contributed by atoms with E-state index in [-0.39, 0.29) is 18.0 Å². The molecule has 0 bridgehead atoms. The number of fused-ring (bicyclic) bond motifs is 1. The SMILES string of the molecule is COC(=O)Nc1cc(NC(=O)CCc2c(-c3ccc(OC)cc3)[nH]c3ccccc23)ccc1F. The third-order valence-corrected chi connectivity index (χ3v) is 5.47. The molecule has 0 saturated heterocycles. The van der Waals surface area contributed by atoms with Crippen molar-refractivity contribution in [2.24, 2.45) is 0 Å². The van der Waals surface area contributed by atoms with Gasteiger partial charge in [-0.05, 0) is 66.1 Å². The van der Waals surface area contributed by atoms with Crippen molar-refractivity contribution in [1.29, 1.82) is 0 Å². The van der Waals surface area contributed by atoms with Gasteiger partial charge in [0.1, 0.15) is 11.6 Å². The standard InChI is InChI=1S/C26H24FN3O4/c1-33-18-10-7-16(8-11-18)25-20(19-5-3-4-6-22(19)29-25)12-14-24(31)28-17-9-13-21(27)23(15-17)30-26(32)34-2/h3-11,13,15,29H,12,14H2,1-2H3,(H,28,31)(H,30,32). The van der Waals surface area contributed by atoms with E-state index in [9.17, 15) is 14.0 Å². The van der Waals surface area contributed by atoms with Crippen LogP contribution in [0.4, 0.5) is 20.6 Å². The number of benzene rings is 3. The molecule has 1 heterocycles. The molecule has 0 aliphatic carbocycles. The van der Waals surface area contributed by atoms with Crippen LogP contribution in [0, 0.1) is 5.82 Å². The van der Waals surface area contributed by atoms with Crippen molar-refractivity contribution in [3.8, 4) is 17.0 Å². The van der Waals surface area contributed by atoms with Gasteiger partial charge in [0.2, 0.25) is 5.91 Å². The van der Waals surface area contributed by atoms with Crippen LogP contribution >= 0.6 is 0 Å². The van der Waals surface area contributed by atoms with Gasteiger partial charge in [-0.15, -0.1) is 0 Å². The highest BCUT2D eigenvalue weighted by Crippen LogP contribution is 2.32. The lowest BCUT2D eigenvalue weighted by atomic mass is 10.0. The van der Waals surface area contributed by atoms with Crippen LogP contribution in [0.5, 0.6) is 5.75 Å². The summed E-state index contributed by atoms with van der Waals surface area (Å²) in [5.74, 6) is -0.103. The Hall–Kier alpha value is -4.33. The number of para-hydroxylation sites is 1. The molecular weight excluding hydrogens is 437 g/mol. The fourth-order valence-electron chi connectivity index (χ4n) is 3.79. The van der Waals surface area contributed by atoms with E-state index in [2.05, 4.69) is 20.4 Å². The Balaban J connectivity index is 1.53. The molecule has 0 aliphatic rings. The van der Waals surface area contributed by atoms with Crippen LogP contribution < -0.4 is 15.4 Å². The van der Waals surface area contributed by atoms with Crippen molar-refractivity contribution in [3.05, 3.63) is 78.1 Å². The molecule has 0 aliphatic heterocycles. The number of methoxy groups -OCH3 is 2. The summed E-state index contributed by atoms with van der Waals surface area (Å²) in [6.07, 6.45) is -0.0962. The van der Waals surface area contributed by atoms with Crippen LogP contribution in [0.3, 0.4) is 0 Å². The fraction of sp³-hybridized carbons (Fsp3) is 0.154. The van der Waals surface area contributed by atoms with Crippen molar-refractivity contribution in [2.75, 3.05) is 24.9 Å². The molecule has 0 fully saturated rings. The number of halogens is 1. The van der Waals surface area contributed by atoms with Gasteiger partial charge in [0, 0.05) is 28.7 Å². The Morgan fingerprint density at radius 2 is 1.74 bits per heavy atom. The zero-order valence-corrected chi connectivity index (χ0v) is 18.8. The Bertz CT molecular complexity index is 1330. The molecule has 0 spiro atoms. The van der Waals surface area contributed by atoms with Gasteiger partial charge in [-0.1, -0.05) is 18.2 Å². The van der Waals surface area contributed by atoms with E-state index >= 15 is 0 Å². The van der Waals surface area contributed by atoms with E-state index in [0.717, 1.165) is 33.5 Å². The van der Waals surface area contributed by atoms with Crippen molar-refractivity contribution in [3.63, 3.8) is 0 Å². The summed E-state index contributed by atoms with van der Waals surface area (Å²) in [6.45, 7) is 0. The van der Waals surface area contributed by atoms with Crippen LogP contribution in [-0.4, -0.2) is 31.2 Å². The zero-order valence-electron chi connectivity index (χ0n) is 18.8. The number of anilines is 2. The lowest BCUT2D eigenvalue weighted by Gasteiger charge is -2.10. The van der Waals surface area contributed by atoms with Gasteiger partial charge >= 0.3 is 6.09 Å². The molecule has 4 rings (SSSR count). The topological polar surface area (TPSA) is 92.5 Å². The first-order valence-electron chi connectivity index (χ1n) is 10.7. The first-order chi connectivity index (χ1) is 16.5. The molecule has 7 nitrogen and oxygen atoms in total. The second-order valence-corrected chi connectivity index (χ2v) is 7.61. The number of rotatable bonds is 7. The number of aromatic nitrogens is 1. The number of hydrogen-bond donors (Lipinski definition) is 3. The van der Waals surface area contributed by atoms with Crippen molar-refractivity contribution in [2.45, 2.75) is 12.8 Å². The molecule has 4 aromatic rings. The number of nitrogens with one attached hydrogen (secondary N) is 3. The highest BCUT2D eigenvalue weighted by atomic mass is 19.1. The van der Waals surface area contributed by atoms with Gasteiger partial charge in [0.25, 0.3) is 0 Å². The highest BCUT2D eigenvalue weighted by molar-refractivity contribution is 5.94. The minimum Gasteiger partial charge on any atom is -0.497 e. The number of H-pyrrole nitrogens is 1. The number of hydrogen-bond acceptors (Lipinski definition) is 4. The van der Waals surface area contributed by atoms with Gasteiger partial charge in [-0.3, -0.25) is 10.1 Å². The molecule has 0 saturated carbocycles. The maximum absolute atomic E-state index is 13.9. The van der Waals surface area contributed by atoms with E-state index in [0.29, 0.717) is 12.1 Å². The molecule has 3 aromatic carbocycles. The van der Waals surface area contributed by atoms with E-state index < -0.39 is 11.9 Å². The average Bonchev–Trinajstić information content (AvgIpc) is 3.23. The molecule has 174 valence electrons. The Morgan fingerprint density at radius 3 is 2.47 bits per heavy atom. The first-order valence-corrected chi connectivity index (χ1v) is 10.7. The molecule has 34 heavy (non-hydrogen) atoms. The second kappa shape index (κ2) is 10.1. The predicted molar refractivity (Wildman–Crippen MR) is 130 cm³/mol. The molecule has 0 unspecified atom stereocenters. The van der Waals surface area contributed by atoms with Crippen LogP contribution in [0.2, 0.25) is 0 Å². The fourth-order valence-corrected chi connectivity index (χ4v) is 3.79. The molecular formula is C26H24FN3O4. The van der Waals surface area contributed by atoms with Gasteiger partial charge < -0.3 is 19.8 Å². The molecule has 0 atom stereocenters. The molecule has 8 heteroatoms. The molecule has 1 aromatic heterocycles. The van der Waals surface area contributed by atoms with Crippen LogP contribution in [0.1, 0.15) is 12.0 Å². The Morgan fingerprint density at radius 1 is 0.971 bits per heavy atom. The largest absolute Gasteiger partial charge is 0.497 e. The zero-order chi connectivity index (χ0) is 24.1. The molecule has 0 radical (unpaired) electrons. The third kappa shape index (κ3) is 5.01. The van der Waals surface area contributed by atoms with Crippen LogP contribution in [0.25, 0.3) is 22.2 Å². The number of amides is 2. The quantitative estimate of drug-likeness (QED) is 0.328. The van der Waals surface area contributed by atoms with E-state index in [1.165, 1.54) is 25.3 Å². The number of ether oxygens (including phenoxy) is 2. The smallest absolute Gasteiger partial charge is 0.411 e. The Labute approximate surface area is 195 Å². The van der Waals surface area contributed by atoms with Crippen LogP contribution in [-0.2, 0) is 16.0 Å². The van der Waals surface area contributed by atoms with Crippen LogP contribution in [0.15, 0.2) is 66.7 Å². The minimum absolute atomic E-state index is 0.0805. The van der Waals surface area contributed by atoms with E-state index in [1.807, 2.05) is 48.5 Å². The van der Waals surface area contributed by atoms with Crippen molar-refractivity contribution >= 4 is 34.3 Å². The number of carbonyl (C=O) groups is 2. The summed E-state index contributed by atoms with van der Waals surface area (Å²) < 4.78 is 23.7. The Kier molecular flexibility index (Phi) is 6.77. The van der Waals surface area contributed by atoms with Gasteiger partial charge in [0.05, 0.1) is 19.9 Å². The lowest BCUT2D eigenvalue weighted by molar-refractivity contribution is -0.116. The van der Waals surface area contributed by atoms with E-state index in [1.54, 1.807) is 7.11 Å². The number of aromatic amines is 1. The third-order valence-electron chi connectivity index (χ3n) is 5.47. The van der Waals surface area contributed by atoms with Crippen molar-refractivity contribution < 1.29 is 23.5 Å². The maximum atomic E-state index is 13.9.